The largest absolute Gasteiger partial charge is 0.481 e. The summed E-state index contributed by atoms with van der Waals surface area (Å²) in [5.41, 5.74) is 0. The first-order valence-corrected chi connectivity index (χ1v) is 10.4. The normalized spacial score (nSPS) is 12.7. The molecular formula is C14H24O3SSi. The van der Waals surface area contributed by atoms with Gasteiger partial charge in [0.05, 0.1) is 6.42 Å². The van der Waals surface area contributed by atoms with Crippen molar-refractivity contribution in [2.45, 2.75) is 57.7 Å². The molecule has 2 N–H and O–H groups in total. The standard InChI is InChI=1S/C14H24O3SSi/c1-14(2,19(3,4)17)9-5-6-11-7-8-12(18-11)10-13(15)16/h7-8,17H,5-6,9-10H2,1-4H3,(H,15,16). The van der Waals surface area contributed by atoms with Crippen molar-refractivity contribution in [3.05, 3.63) is 21.9 Å². The Morgan fingerprint density at radius 2 is 1.89 bits per heavy atom. The van der Waals surface area contributed by atoms with Crippen LogP contribution in [0, 0.1) is 0 Å². The topological polar surface area (TPSA) is 57.5 Å². The quantitative estimate of drug-likeness (QED) is 0.755. The molecule has 0 radical (unpaired) electrons. The van der Waals surface area contributed by atoms with E-state index in [4.69, 9.17) is 5.11 Å². The summed E-state index contributed by atoms with van der Waals surface area (Å²) in [6.07, 6.45) is 3.14. The van der Waals surface area contributed by atoms with Crippen LogP contribution in [-0.2, 0) is 17.6 Å². The molecule has 0 fully saturated rings. The Labute approximate surface area is 120 Å². The highest BCUT2D eigenvalue weighted by Crippen LogP contribution is 2.40. The molecule has 0 atom stereocenters. The zero-order valence-electron chi connectivity index (χ0n) is 12.2. The van der Waals surface area contributed by atoms with Gasteiger partial charge < -0.3 is 9.90 Å². The van der Waals surface area contributed by atoms with Gasteiger partial charge in [0.2, 0.25) is 0 Å². The monoisotopic (exact) mass is 300 g/mol. The van der Waals surface area contributed by atoms with Crippen LogP contribution in [0.4, 0.5) is 0 Å². The second kappa shape index (κ2) is 6.20. The van der Waals surface area contributed by atoms with Crippen LogP contribution in [0.25, 0.3) is 0 Å². The first-order chi connectivity index (χ1) is 8.62. The molecule has 0 amide bonds. The summed E-state index contributed by atoms with van der Waals surface area (Å²) in [7, 11) is -2.11. The van der Waals surface area contributed by atoms with Crippen molar-refractivity contribution < 1.29 is 14.7 Å². The molecular weight excluding hydrogens is 276 g/mol. The van der Waals surface area contributed by atoms with Gasteiger partial charge >= 0.3 is 5.97 Å². The molecule has 0 bridgehead atoms. The first kappa shape index (κ1) is 16.4. The zero-order chi connectivity index (χ0) is 14.7. The van der Waals surface area contributed by atoms with Crippen molar-refractivity contribution in [3.8, 4) is 0 Å². The molecule has 1 heterocycles. The van der Waals surface area contributed by atoms with E-state index in [-0.39, 0.29) is 11.5 Å². The van der Waals surface area contributed by atoms with E-state index < -0.39 is 14.3 Å². The summed E-state index contributed by atoms with van der Waals surface area (Å²) in [4.78, 5) is 23.0. The Kier molecular flexibility index (Phi) is 5.35. The Morgan fingerprint density at radius 3 is 2.42 bits per heavy atom. The molecule has 0 unspecified atom stereocenters. The molecule has 0 aliphatic carbocycles. The molecule has 0 aliphatic rings. The van der Waals surface area contributed by atoms with Gasteiger partial charge in [0, 0.05) is 9.75 Å². The third kappa shape index (κ3) is 5.08. The van der Waals surface area contributed by atoms with E-state index >= 15 is 0 Å². The van der Waals surface area contributed by atoms with Crippen molar-refractivity contribution in [2.24, 2.45) is 0 Å². The zero-order valence-corrected chi connectivity index (χ0v) is 14.0. The maximum absolute atomic E-state index is 10.6. The Bertz CT molecular complexity index is 432. The minimum atomic E-state index is -2.11. The number of carboxylic acids is 1. The highest BCUT2D eigenvalue weighted by atomic mass is 32.1. The summed E-state index contributed by atoms with van der Waals surface area (Å²) in [5.74, 6) is -0.775. The molecule has 0 saturated carbocycles. The van der Waals surface area contributed by atoms with Gasteiger partial charge in [0.1, 0.15) is 0 Å². The van der Waals surface area contributed by atoms with Crippen LogP contribution >= 0.6 is 11.3 Å². The van der Waals surface area contributed by atoms with Crippen LogP contribution < -0.4 is 0 Å². The van der Waals surface area contributed by atoms with Gasteiger partial charge in [-0.25, -0.2) is 0 Å². The fourth-order valence-electron chi connectivity index (χ4n) is 1.81. The van der Waals surface area contributed by atoms with E-state index in [2.05, 4.69) is 13.8 Å². The molecule has 0 aliphatic heterocycles. The predicted molar refractivity (Wildman–Crippen MR) is 82.3 cm³/mol. The molecule has 0 spiro atoms. The summed E-state index contributed by atoms with van der Waals surface area (Å²) in [6, 6.07) is 3.93. The summed E-state index contributed by atoms with van der Waals surface area (Å²) in [5, 5.41) is 8.75. The van der Waals surface area contributed by atoms with Crippen molar-refractivity contribution in [1.29, 1.82) is 0 Å². The Morgan fingerprint density at radius 1 is 1.32 bits per heavy atom. The van der Waals surface area contributed by atoms with E-state index in [1.165, 1.54) is 4.88 Å². The van der Waals surface area contributed by atoms with E-state index in [1.54, 1.807) is 11.3 Å². The van der Waals surface area contributed by atoms with Crippen molar-refractivity contribution in [2.75, 3.05) is 0 Å². The summed E-state index contributed by atoms with van der Waals surface area (Å²) in [6.45, 7) is 8.26. The third-order valence-corrected chi connectivity index (χ3v) is 8.63. The van der Waals surface area contributed by atoms with Crippen molar-refractivity contribution >= 4 is 25.6 Å². The molecule has 0 aromatic carbocycles. The van der Waals surface area contributed by atoms with Gasteiger partial charge in [-0.3, -0.25) is 4.79 Å². The van der Waals surface area contributed by atoms with E-state index in [0.29, 0.717) is 0 Å². The first-order valence-electron chi connectivity index (χ1n) is 6.63. The Hall–Kier alpha value is -0.653. The van der Waals surface area contributed by atoms with Gasteiger partial charge in [0.25, 0.3) is 0 Å². The fraction of sp³-hybridized carbons (Fsp3) is 0.643. The second-order valence-corrected chi connectivity index (χ2v) is 12.0. The molecule has 108 valence electrons. The number of aryl methyl sites for hydroxylation is 1. The molecule has 0 saturated heterocycles. The summed E-state index contributed by atoms with van der Waals surface area (Å²) >= 11 is 1.59. The number of thiophene rings is 1. The minimum absolute atomic E-state index is 0.0220. The van der Waals surface area contributed by atoms with E-state index in [0.717, 1.165) is 24.1 Å². The average molecular weight is 300 g/mol. The maximum atomic E-state index is 10.6. The van der Waals surface area contributed by atoms with E-state index in [1.807, 2.05) is 25.2 Å². The molecule has 19 heavy (non-hydrogen) atoms. The number of hydrogen-bond donors (Lipinski definition) is 2. The Balaban J connectivity index is 2.45. The van der Waals surface area contributed by atoms with Crippen molar-refractivity contribution in [3.63, 3.8) is 0 Å². The summed E-state index contributed by atoms with van der Waals surface area (Å²) < 4.78 is 0. The van der Waals surface area contributed by atoms with Crippen LogP contribution in [-0.4, -0.2) is 24.2 Å². The maximum Gasteiger partial charge on any atom is 0.308 e. The predicted octanol–water partition coefficient (Wildman–Crippen LogP) is 3.68. The minimum Gasteiger partial charge on any atom is -0.481 e. The number of rotatable bonds is 7. The van der Waals surface area contributed by atoms with E-state index in [9.17, 15) is 9.59 Å². The number of hydrogen-bond acceptors (Lipinski definition) is 3. The lowest BCUT2D eigenvalue weighted by Gasteiger charge is -2.35. The van der Waals surface area contributed by atoms with Gasteiger partial charge in [0.15, 0.2) is 8.32 Å². The van der Waals surface area contributed by atoms with Crippen molar-refractivity contribution in [1.82, 2.24) is 0 Å². The van der Waals surface area contributed by atoms with Crippen LogP contribution in [0.3, 0.4) is 0 Å². The van der Waals surface area contributed by atoms with Crippen LogP contribution in [0.2, 0.25) is 18.1 Å². The lowest BCUT2D eigenvalue weighted by atomic mass is 10.0. The van der Waals surface area contributed by atoms with Crippen LogP contribution in [0.1, 0.15) is 36.4 Å². The van der Waals surface area contributed by atoms with Gasteiger partial charge in [-0.2, -0.15) is 0 Å². The molecule has 1 aromatic heterocycles. The molecule has 3 nitrogen and oxygen atoms in total. The fourth-order valence-corrected chi connectivity index (χ4v) is 3.65. The molecule has 1 aromatic rings. The second-order valence-electron chi connectivity index (χ2n) is 6.23. The smallest absolute Gasteiger partial charge is 0.308 e. The van der Waals surface area contributed by atoms with Gasteiger partial charge in [-0.1, -0.05) is 13.8 Å². The molecule has 1 rings (SSSR count). The highest BCUT2D eigenvalue weighted by Gasteiger charge is 2.37. The lowest BCUT2D eigenvalue weighted by molar-refractivity contribution is -0.136. The van der Waals surface area contributed by atoms with Crippen LogP contribution in [0.5, 0.6) is 0 Å². The number of carboxylic acid groups (broad SMARTS) is 1. The highest BCUT2D eigenvalue weighted by molar-refractivity contribution is 7.12. The van der Waals surface area contributed by atoms with Crippen LogP contribution in [0.15, 0.2) is 12.1 Å². The number of aliphatic carboxylic acids is 1. The average Bonchev–Trinajstić information content (AvgIpc) is 2.62. The lowest BCUT2D eigenvalue weighted by Crippen LogP contribution is -2.38. The molecule has 5 heteroatoms. The van der Waals surface area contributed by atoms with Gasteiger partial charge in [-0.15, -0.1) is 11.3 Å². The SMILES string of the molecule is CC(C)(CCCc1ccc(CC(=O)O)s1)[Si](C)(C)O. The van der Waals surface area contributed by atoms with Gasteiger partial charge in [-0.05, 0) is 49.5 Å². The number of carbonyl (C=O) groups is 1. The third-order valence-electron chi connectivity index (χ3n) is 3.92.